The van der Waals surface area contributed by atoms with E-state index in [1.165, 1.54) is 0 Å². The Morgan fingerprint density at radius 1 is 1.67 bits per heavy atom. The summed E-state index contributed by atoms with van der Waals surface area (Å²) >= 11 is 3.42. The molecular weight excluding hydrogens is 298 g/mol. The Labute approximate surface area is 115 Å². The summed E-state index contributed by atoms with van der Waals surface area (Å²) in [7, 11) is 1.83. The molecule has 0 aromatic carbocycles. The van der Waals surface area contributed by atoms with E-state index < -0.39 is 0 Å². The van der Waals surface area contributed by atoms with Crippen LogP contribution in [0, 0.1) is 0 Å². The highest BCUT2D eigenvalue weighted by molar-refractivity contribution is 9.09. The molecule has 0 saturated carbocycles. The number of ether oxygens (including phenoxy) is 1. The van der Waals surface area contributed by atoms with Crippen molar-refractivity contribution in [2.45, 2.75) is 25.6 Å². The number of alkyl halides is 1. The topological polar surface area (TPSA) is 47.4 Å². The lowest BCUT2D eigenvalue weighted by Gasteiger charge is -2.42. The molecule has 0 aliphatic carbocycles. The van der Waals surface area contributed by atoms with Crippen molar-refractivity contribution in [1.29, 1.82) is 0 Å². The van der Waals surface area contributed by atoms with Crippen LogP contribution >= 0.6 is 15.9 Å². The summed E-state index contributed by atoms with van der Waals surface area (Å²) in [6.45, 7) is 5.22. The van der Waals surface area contributed by atoms with E-state index in [-0.39, 0.29) is 17.6 Å². The fourth-order valence-corrected chi connectivity index (χ4v) is 2.59. The molecule has 1 aromatic heterocycles. The number of aryl methyl sites for hydroxylation is 1. The number of imidazole rings is 1. The molecule has 5 nitrogen and oxygen atoms in total. The molecule has 6 heteroatoms. The lowest BCUT2D eigenvalue weighted by atomic mass is 10.1. The van der Waals surface area contributed by atoms with E-state index in [9.17, 15) is 4.79 Å². The molecule has 0 spiro atoms. The molecule has 1 aliphatic rings. The van der Waals surface area contributed by atoms with Gasteiger partial charge in [0.25, 0.3) is 5.91 Å². The van der Waals surface area contributed by atoms with E-state index in [4.69, 9.17) is 4.74 Å². The first-order chi connectivity index (χ1) is 8.43. The van der Waals surface area contributed by atoms with E-state index >= 15 is 0 Å². The monoisotopic (exact) mass is 315 g/mol. The highest BCUT2D eigenvalue weighted by Crippen LogP contribution is 2.23. The molecule has 0 bridgehead atoms. The molecule has 0 radical (unpaired) electrons. The van der Waals surface area contributed by atoms with Crippen LogP contribution in [-0.4, -0.2) is 50.5 Å². The Morgan fingerprint density at radius 2 is 2.39 bits per heavy atom. The highest BCUT2D eigenvalue weighted by atomic mass is 79.9. The normalized spacial score (nSPS) is 23.1. The molecule has 18 heavy (non-hydrogen) atoms. The lowest BCUT2D eigenvalue weighted by Crippen LogP contribution is -2.55. The van der Waals surface area contributed by atoms with Gasteiger partial charge in [0.05, 0.1) is 24.2 Å². The summed E-state index contributed by atoms with van der Waals surface area (Å²) in [4.78, 5) is 18.3. The molecule has 1 fully saturated rings. The van der Waals surface area contributed by atoms with E-state index in [1.54, 1.807) is 17.1 Å². The first kappa shape index (κ1) is 13.5. The van der Waals surface area contributed by atoms with Crippen molar-refractivity contribution in [1.82, 2.24) is 14.5 Å². The van der Waals surface area contributed by atoms with Gasteiger partial charge in [-0.2, -0.15) is 0 Å². The number of aromatic nitrogens is 2. The predicted octanol–water partition coefficient (Wildman–Crippen LogP) is 1.43. The number of hydrogen-bond acceptors (Lipinski definition) is 3. The van der Waals surface area contributed by atoms with E-state index in [1.807, 2.05) is 25.8 Å². The molecule has 100 valence electrons. The molecule has 1 aliphatic heterocycles. The number of morpholine rings is 1. The van der Waals surface area contributed by atoms with Gasteiger partial charge in [-0.05, 0) is 13.8 Å². The van der Waals surface area contributed by atoms with Crippen LogP contribution in [0.25, 0.3) is 0 Å². The standard InChI is InChI=1S/C12H18BrN3O2/c1-12(2)7-16(6-9(4-13)18-12)11(17)10-5-14-8-15(10)3/h5,8-9H,4,6-7H2,1-3H3. The first-order valence-corrected chi connectivity index (χ1v) is 7.04. The third-order valence-corrected chi connectivity index (χ3v) is 3.70. The van der Waals surface area contributed by atoms with Crippen molar-refractivity contribution in [3.63, 3.8) is 0 Å². The number of halogens is 1. The third-order valence-electron chi connectivity index (χ3n) is 2.98. The number of amides is 1. The van der Waals surface area contributed by atoms with E-state index in [2.05, 4.69) is 20.9 Å². The van der Waals surface area contributed by atoms with Gasteiger partial charge < -0.3 is 14.2 Å². The van der Waals surface area contributed by atoms with Gasteiger partial charge in [-0.3, -0.25) is 4.79 Å². The van der Waals surface area contributed by atoms with Crippen LogP contribution in [0.4, 0.5) is 0 Å². The third kappa shape index (κ3) is 2.75. The number of hydrogen-bond donors (Lipinski definition) is 0. The van der Waals surface area contributed by atoms with Crippen LogP contribution in [0.5, 0.6) is 0 Å². The minimum atomic E-state index is -0.315. The van der Waals surface area contributed by atoms with Crippen LogP contribution in [-0.2, 0) is 11.8 Å². The van der Waals surface area contributed by atoms with E-state index in [0.29, 0.717) is 18.8 Å². The average molecular weight is 316 g/mol. The van der Waals surface area contributed by atoms with Crippen molar-refractivity contribution in [3.8, 4) is 0 Å². The van der Waals surface area contributed by atoms with Crippen molar-refractivity contribution < 1.29 is 9.53 Å². The molecule has 1 atom stereocenters. The summed E-state index contributed by atoms with van der Waals surface area (Å²) in [6, 6.07) is 0. The Bertz CT molecular complexity index is 444. The van der Waals surface area contributed by atoms with Gasteiger partial charge >= 0.3 is 0 Å². The van der Waals surface area contributed by atoms with Crippen molar-refractivity contribution in [2.75, 3.05) is 18.4 Å². The lowest BCUT2D eigenvalue weighted by molar-refractivity contribution is -0.116. The minimum Gasteiger partial charge on any atom is -0.368 e. The van der Waals surface area contributed by atoms with Crippen molar-refractivity contribution >= 4 is 21.8 Å². The Morgan fingerprint density at radius 3 is 2.94 bits per heavy atom. The smallest absolute Gasteiger partial charge is 0.272 e. The highest BCUT2D eigenvalue weighted by Gasteiger charge is 2.35. The SMILES string of the molecule is Cn1cncc1C(=O)N1CC(CBr)OC(C)(C)C1. The molecule has 1 amide bonds. The molecule has 2 rings (SSSR count). The predicted molar refractivity (Wildman–Crippen MR) is 71.9 cm³/mol. The summed E-state index contributed by atoms with van der Waals surface area (Å²) in [5.74, 6) is 0.0114. The zero-order chi connectivity index (χ0) is 13.3. The quantitative estimate of drug-likeness (QED) is 0.776. The fourth-order valence-electron chi connectivity index (χ4n) is 2.26. The summed E-state index contributed by atoms with van der Waals surface area (Å²) in [5.41, 5.74) is 0.298. The minimum absolute atomic E-state index is 0.0114. The summed E-state index contributed by atoms with van der Waals surface area (Å²) in [5, 5.41) is 0.728. The van der Waals surface area contributed by atoms with Crippen LogP contribution < -0.4 is 0 Å². The van der Waals surface area contributed by atoms with Gasteiger partial charge in [0, 0.05) is 25.5 Å². The van der Waals surface area contributed by atoms with Crippen LogP contribution in [0.15, 0.2) is 12.5 Å². The van der Waals surface area contributed by atoms with Crippen molar-refractivity contribution in [3.05, 3.63) is 18.2 Å². The summed E-state index contributed by atoms with van der Waals surface area (Å²) < 4.78 is 7.63. The molecule has 2 heterocycles. The van der Waals surface area contributed by atoms with Gasteiger partial charge in [0.2, 0.25) is 0 Å². The van der Waals surface area contributed by atoms with Gasteiger partial charge in [0.15, 0.2) is 0 Å². The van der Waals surface area contributed by atoms with Gasteiger partial charge in [-0.25, -0.2) is 4.98 Å². The Kier molecular flexibility index (Phi) is 3.77. The Balaban J connectivity index is 2.17. The second-order valence-electron chi connectivity index (χ2n) is 5.23. The first-order valence-electron chi connectivity index (χ1n) is 5.92. The zero-order valence-corrected chi connectivity index (χ0v) is 12.5. The number of carbonyl (C=O) groups is 1. The largest absolute Gasteiger partial charge is 0.368 e. The van der Waals surface area contributed by atoms with Crippen molar-refractivity contribution in [2.24, 2.45) is 7.05 Å². The van der Waals surface area contributed by atoms with Gasteiger partial charge in [-0.15, -0.1) is 0 Å². The number of rotatable bonds is 2. The maximum atomic E-state index is 12.4. The van der Waals surface area contributed by atoms with Gasteiger partial charge in [0.1, 0.15) is 5.69 Å². The molecular formula is C12H18BrN3O2. The fraction of sp³-hybridized carbons (Fsp3) is 0.667. The maximum absolute atomic E-state index is 12.4. The molecule has 0 N–H and O–H groups in total. The Hall–Kier alpha value is -0.880. The number of nitrogens with zero attached hydrogens (tertiary/aromatic N) is 3. The second-order valence-corrected chi connectivity index (χ2v) is 5.88. The van der Waals surface area contributed by atoms with Gasteiger partial charge in [-0.1, -0.05) is 15.9 Å². The number of carbonyl (C=O) groups excluding carboxylic acids is 1. The molecule has 1 aromatic rings. The zero-order valence-electron chi connectivity index (χ0n) is 10.9. The van der Waals surface area contributed by atoms with Crippen LogP contribution in [0.3, 0.4) is 0 Å². The van der Waals surface area contributed by atoms with Crippen LogP contribution in [0.1, 0.15) is 24.3 Å². The average Bonchev–Trinajstić information content (AvgIpc) is 2.72. The summed E-state index contributed by atoms with van der Waals surface area (Å²) in [6.07, 6.45) is 3.28. The molecule has 1 saturated heterocycles. The second kappa shape index (κ2) is 5.01. The van der Waals surface area contributed by atoms with Crippen LogP contribution in [0.2, 0.25) is 0 Å². The maximum Gasteiger partial charge on any atom is 0.272 e. The molecule has 1 unspecified atom stereocenters. The van der Waals surface area contributed by atoms with E-state index in [0.717, 1.165) is 5.33 Å².